The Labute approximate surface area is 114 Å². The van der Waals surface area contributed by atoms with Gasteiger partial charge in [-0.15, -0.1) is 0 Å². The molecule has 1 aromatic rings. The molecule has 0 amide bonds. The Morgan fingerprint density at radius 2 is 1.24 bits per heavy atom. The van der Waals surface area contributed by atoms with E-state index >= 15 is 0 Å². The first-order valence-electron chi connectivity index (χ1n) is 4.80. The Hall–Kier alpha value is -1.27. The third-order valence-electron chi connectivity index (χ3n) is 1.92. The monoisotopic (exact) mass is 344 g/mol. The SMILES string of the molecule is O=S(OCc1c(F)c(F)c(F)c(F)c1F)OCC(F)(F)F. The van der Waals surface area contributed by atoms with Crippen LogP contribution in [0.3, 0.4) is 0 Å². The molecule has 1 rings (SSSR count). The summed E-state index contributed by atoms with van der Waals surface area (Å²) in [6, 6.07) is 0. The lowest BCUT2D eigenvalue weighted by molar-refractivity contribution is -0.153. The van der Waals surface area contributed by atoms with Gasteiger partial charge >= 0.3 is 17.5 Å². The Morgan fingerprint density at radius 3 is 1.67 bits per heavy atom. The number of rotatable bonds is 5. The van der Waals surface area contributed by atoms with Crippen LogP contribution in [-0.2, 0) is 26.3 Å². The molecule has 0 aliphatic rings. The normalized spacial score (nSPS) is 13.5. The molecule has 0 fully saturated rings. The van der Waals surface area contributed by atoms with Gasteiger partial charge in [0.25, 0.3) is 0 Å². The van der Waals surface area contributed by atoms with Crippen LogP contribution in [0, 0.1) is 29.1 Å². The predicted octanol–water partition coefficient (Wildman–Crippen LogP) is 3.06. The molecular weight excluding hydrogens is 340 g/mol. The van der Waals surface area contributed by atoms with Crippen LogP contribution >= 0.6 is 0 Å². The van der Waals surface area contributed by atoms with Crippen molar-refractivity contribution < 1.29 is 47.7 Å². The van der Waals surface area contributed by atoms with Crippen molar-refractivity contribution in [2.24, 2.45) is 0 Å². The minimum absolute atomic E-state index is 1.45. The van der Waals surface area contributed by atoms with Crippen molar-refractivity contribution in [2.45, 2.75) is 12.8 Å². The second kappa shape index (κ2) is 6.66. The zero-order valence-electron chi connectivity index (χ0n) is 9.57. The molecule has 1 atom stereocenters. The summed E-state index contributed by atoms with van der Waals surface area (Å²) in [5.41, 5.74) is -1.49. The number of halogens is 8. The minimum Gasteiger partial charge on any atom is -0.263 e. The lowest BCUT2D eigenvalue weighted by Gasteiger charge is -2.09. The lowest BCUT2D eigenvalue weighted by atomic mass is 10.2. The standard InChI is InChI=1S/C9H4F8O3S/c10-4-3(5(11)7(13)8(14)6(4)12)1-19-21(18)20-2-9(15,16)17/h1-2H2. The van der Waals surface area contributed by atoms with E-state index in [1.165, 1.54) is 0 Å². The summed E-state index contributed by atoms with van der Waals surface area (Å²) in [5.74, 6) is -11.5. The van der Waals surface area contributed by atoms with Gasteiger partial charge in [0.2, 0.25) is 5.82 Å². The highest BCUT2D eigenvalue weighted by Gasteiger charge is 2.30. The van der Waals surface area contributed by atoms with Crippen molar-refractivity contribution in [3.8, 4) is 0 Å². The van der Waals surface area contributed by atoms with Crippen molar-refractivity contribution in [3.63, 3.8) is 0 Å². The van der Waals surface area contributed by atoms with Gasteiger partial charge in [-0.3, -0.25) is 8.37 Å². The summed E-state index contributed by atoms with van der Waals surface area (Å²) in [4.78, 5) is 0. The fourth-order valence-corrected chi connectivity index (χ4v) is 1.55. The lowest BCUT2D eigenvalue weighted by Crippen LogP contribution is -2.19. The van der Waals surface area contributed by atoms with Gasteiger partial charge in [0, 0.05) is 0 Å². The molecule has 21 heavy (non-hydrogen) atoms. The smallest absolute Gasteiger partial charge is 0.263 e. The molecule has 1 aromatic carbocycles. The van der Waals surface area contributed by atoms with Gasteiger partial charge in [0.1, 0.15) is 0 Å². The van der Waals surface area contributed by atoms with Crippen LogP contribution in [0.5, 0.6) is 0 Å². The summed E-state index contributed by atoms with van der Waals surface area (Å²) >= 11 is -3.09. The van der Waals surface area contributed by atoms with E-state index in [2.05, 4.69) is 8.37 Å². The third-order valence-corrected chi connectivity index (χ3v) is 2.54. The Kier molecular flexibility index (Phi) is 5.64. The summed E-state index contributed by atoms with van der Waals surface area (Å²) in [6.07, 6.45) is -4.84. The Balaban J connectivity index is 2.79. The quantitative estimate of drug-likeness (QED) is 0.468. The molecule has 0 spiro atoms. The molecule has 12 heteroatoms. The fourth-order valence-electron chi connectivity index (χ4n) is 1.03. The molecule has 0 aliphatic carbocycles. The molecule has 0 radical (unpaired) electrons. The molecule has 0 heterocycles. The first kappa shape index (κ1) is 17.8. The van der Waals surface area contributed by atoms with E-state index in [4.69, 9.17) is 0 Å². The summed E-state index contributed by atoms with van der Waals surface area (Å²) < 4.78 is 118. The Morgan fingerprint density at radius 1 is 0.810 bits per heavy atom. The van der Waals surface area contributed by atoms with E-state index in [9.17, 15) is 39.3 Å². The van der Waals surface area contributed by atoms with Gasteiger partial charge in [0.15, 0.2) is 29.9 Å². The molecule has 0 saturated carbocycles. The second-order valence-corrected chi connectivity index (χ2v) is 4.27. The zero-order valence-corrected chi connectivity index (χ0v) is 10.4. The van der Waals surface area contributed by atoms with Crippen LogP contribution in [0.15, 0.2) is 0 Å². The van der Waals surface area contributed by atoms with Gasteiger partial charge in [0.05, 0.1) is 12.2 Å². The van der Waals surface area contributed by atoms with E-state index in [0.29, 0.717) is 0 Å². The average molecular weight is 344 g/mol. The number of hydrogen-bond donors (Lipinski definition) is 0. The molecule has 1 unspecified atom stereocenters. The van der Waals surface area contributed by atoms with Crippen molar-refractivity contribution >= 4 is 11.4 Å². The van der Waals surface area contributed by atoms with Crippen molar-refractivity contribution in [2.75, 3.05) is 6.61 Å². The van der Waals surface area contributed by atoms with Gasteiger partial charge in [-0.1, -0.05) is 0 Å². The zero-order chi connectivity index (χ0) is 16.4. The van der Waals surface area contributed by atoms with E-state index in [1.54, 1.807) is 0 Å². The van der Waals surface area contributed by atoms with E-state index in [0.717, 1.165) is 0 Å². The second-order valence-electron chi connectivity index (χ2n) is 3.39. The Bertz CT molecular complexity index is 530. The highest BCUT2D eigenvalue weighted by molar-refractivity contribution is 7.75. The van der Waals surface area contributed by atoms with Gasteiger partial charge in [-0.25, -0.2) is 22.0 Å². The van der Waals surface area contributed by atoms with Crippen molar-refractivity contribution in [3.05, 3.63) is 34.6 Å². The van der Waals surface area contributed by atoms with Crippen LogP contribution in [0.25, 0.3) is 0 Å². The molecular formula is C9H4F8O3S. The number of hydrogen-bond acceptors (Lipinski definition) is 3. The number of alkyl halides is 3. The fraction of sp³-hybridized carbons (Fsp3) is 0.333. The van der Waals surface area contributed by atoms with Crippen LogP contribution in [0.2, 0.25) is 0 Å². The van der Waals surface area contributed by atoms with Crippen LogP contribution in [-0.4, -0.2) is 17.0 Å². The van der Waals surface area contributed by atoms with Crippen molar-refractivity contribution in [1.82, 2.24) is 0 Å². The minimum atomic E-state index is -4.84. The molecule has 0 N–H and O–H groups in total. The maximum Gasteiger partial charge on any atom is 0.413 e. The average Bonchev–Trinajstić information content (AvgIpc) is 2.40. The maximum absolute atomic E-state index is 13.1. The summed E-state index contributed by atoms with van der Waals surface area (Å²) in [7, 11) is 0. The van der Waals surface area contributed by atoms with Gasteiger partial charge < -0.3 is 0 Å². The molecule has 0 aliphatic heterocycles. The molecule has 3 nitrogen and oxygen atoms in total. The van der Waals surface area contributed by atoms with E-state index in [1.807, 2.05) is 0 Å². The topological polar surface area (TPSA) is 35.5 Å². The molecule has 120 valence electrons. The first-order chi connectivity index (χ1) is 9.54. The molecule has 0 bridgehead atoms. The van der Waals surface area contributed by atoms with E-state index in [-0.39, 0.29) is 0 Å². The molecule has 0 saturated heterocycles. The first-order valence-corrected chi connectivity index (χ1v) is 5.80. The summed E-state index contributed by atoms with van der Waals surface area (Å²) in [5, 5.41) is 0. The van der Waals surface area contributed by atoms with Crippen molar-refractivity contribution in [1.29, 1.82) is 0 Å². The van der Waals surface area contributed by atoms with E-state index < -0.39 is 65.4 Å². The summed E-state index contributed by atoms with van der Waals surface area (Å²) in [6.45, 7) is -3.44. The highest BCUT2D eigenvalue weighted by Crippen LogP contribution is 2.24. The predicted molar refractivity (Wildman–Crippen MR) is 51.2 cm³/mol. The highest BCUT2D eigenvalue weighted by atomic mass is 32.2. The third kappa shape index (κ3) is 4.61. The van der Waals surface area contributed by atoms with Crippen LogP contribution in [0.4, 0.5) is 35.1 Å². The number of benzene rings is 1. The van der Waals surface area contributed by atoms with Gasteiger partial charge in [-0.05, 0) is 0 Å². The van der Waals surface area contributed by atoms with Crippen LogP contribution < -0.4 is 0 Å². The largest absolute Gasteiger partial charge is 0.413 e. The maximum atomic E-state index is 13.1. The molecule has 0 aromatic heterocycles. The van der Waals surface area contributed by atoms with Gasteiger partial charge in [-0.2, -0.15) is 17.4 Å². The van der Waals surface area contributed by atoms with Crippen LogP contribution in [0.1, 0.15) is 5.56 Å².